The Balaban J connectivity index is 1.35. The average Bonchev–Trinajstić information content (AvgIpc) is 3.37. The maximum Gasteiger partial charge on any atom is 0.346 e. The summed E-state index contributed by atoms with van der Waals surface area (Å²) in [6.07, 6.45) is 0. The predicted octanol–water partition coefficient (Wildman–Crippen LogP) is 5.95. The summed E-state index contributed by atoms with van der Waals surface area (Å²) in [4.78, 5) is 28.9. The molecule has 0 unspecified atom stereocenters. The summed E-state index contributed by atoms with van der Waals surface area (Å²) in [5, 5.41) is 3.33. The van der Waals surface area contributed by atoms with Gasteiger partial charge in [-0.2, -0.15) is 0 Å². The molecule has 0 saturated carbocycles. The van der Waals surface area contributed by atoms with Gasteiger partial charge in [0.25, 0.3) is 0 Å². The van der Waals surface area contributed by atoms with Gasteiger partial charge in [0.05, 0.1) is 23.9 Å². The molecular formula is C27H19NO5S. The molecule has 0 amide bonds. The molecule has 0 aliphatic carbocycles. The van der Waals surface area contributed by atoms with Crippen molar-refractivity contribution >= 4 is 28.3 Å². The molecule has 0 radical (unpaired) electrons. The van der Waals surface area contributed by atoms with Crippen molar-refractivity contribution in [2.75, 3.05) is 7.11 Å². The van der Waals surface area contributed by atoms with E-state index in [-0.39, 0.29) is 5.97 Å². The number of methoxy groups -OCH3 is 1. The van der Waals surface area contributed by atoms with Crippen LogP contribution in [-0.2, 0) is 11.3 Å². The van der Waals surface area contributed by atoms with E-state index >= 15 is 0 Å². The van der Waals surface area contributed by atoms with Gasteiger partial charge in [-0.1, -0.05) is 42.5 Å². The Morgan fingerprint density at radius 2 is 1.79 bits per heavy atom. The zero-order chi connectivity index (χ0) is 23.5. The minimum atomic E-state index is -0.447. The summed E-state index contributed by atoms with van der Waals surface area (Å²) in [6.45, 7) is 0.302. The van der Waals surface area contributed by atoms with Crippen LogP contribution in [0.5, 0.6) is 5.75 Å². The lowest BCUT2D eigenvalue weighted by molar-refractivity contribution is 0.0600. The number of esters is 1. The highest BCUT2D eigenvalue weighted by atomic mass is 32.1. The Morgan fingerprint density at radius 1 is 1.00 bits per heavy atom. The van der Waals surface area contributed by atoms with Gasteiger partial charge < -0.3 is 13.9 Å². The van der Waals surface area contributed by atoms with Crippen LogP contribution in [0, 0.1) is 0 Å². The monoisotopic (exact) mass is 469 g/mol. The van der Waals surface area contributed by atoms with Crippen LogP contribution < -0.4 is 10.4 Å². The highest BCUT2D eigenvalue weighted by Gasteiger charge is 2.13. The molecule has 2 aromatic heterocycles. The molecule has 6 nitrogen and oxygen atoms in total. The third-order valence-electron chi connectivity index (χ3n) is 5.29. The Labute approximate surface area is 199 Å². The minimum absolute atomic E-state index is 0.302. The third kappa shape index (κ3) is 4.46. The normalized spacial score (nSPS) is 10.9. The van der Waals surface area contributed by atoms with Gasteiger partial charge >= 0.3 is 11.6 Å². The maximum atomic E-state index is 12.7. The van der Waals surface area contributed by atoms with Gasteiger partial charge in [-0.3, -0.25) is 0 Å². The molecule has 0 atom stereocenters. The number of thiazole rings is 1. The van der Waals surface area contributed by atoms with E-state index in [0.29, 0.717) is 34.1 Å². The van der Waals surface area contributed by atoms with Crippen LogP contribution >= 0.6 is 11.3 Å². The molecule has 0 N–H and O–H groups in total. The Hall–Kier alpha value is -4.23. The first kappa shape index (κ1) is 21.6. The lowest BCUT2D eigenvalue weighted by Crippen LogP contribution is -2.03. The van der Waals surface area contributed by atoms with Gasteiger partial charge in [0.2, 0.25) is 0 Å². The fraction of sp³-hybridized carbons (Fsp3) is 0.0741. The number of benzene rings is 3. The fourth-order valence-corrected chi connectivity index (χ4v) is 4.32. The number of carbonyl (C=O) groups is 1. The highest BCUT2D eigenvalue weighted by molar-refractivity contribution is 7.13. The second-order valence-corrected chi connectivity index (χ2v) is 8.39. The number of fused-ring (bicyclic) bond motifs is 1. The third-order valence-corrected chi connectivity index (χ3v) is 6.17. The number of nitrogens with zero attached hydrogens (tertiary/aromatic N) is 1. The van der Waals surface area contributed by atoms with Crippen LogP contribution in [0.4, 0.5) is 0 Å². The molecule has 3 aromatic carbocycles. The number of ether oxygens (including phenoxy) is 2. The summed E-state index contributed by atoms with van der Waals surface area (Å²) in [6, 6.07) is 24.0. The summed E-state index contributed by atoms with van der Waals surface area (Å²) in [5.74, 6) is 0.187. The maximum absolute atomic E-state index is 12.7. The second-order valence-electron chi connectivity index (χ2n) is 7.53. The van der Waals surface area contributed by atoms with E-state index in [1.54, 1.807) is 36.4 Å². The first-order valence-corrected chi connectivity index (χ1v) is 11.4. The molecule has 0 fully saturated rings. The molecule has 0 saturated heterocycles. The Kier molecular flexibility index (Phi) is 5.93. The standard InChI is InChI=1S/C27H19NO5S/c1-31-26(29)19-9-7-17(8-10-19)15-32-21-12-11-20-13-22(27(30)33-24(20)14-21)25-28-23(16-34-25)18-5-3-2-4-6-18/h2-14,16H,15H2,1H3. The average molecular weight is 470 g/mol. The van der Waals surface area contributed by atoms with Crippen LogP contribution in [0.2, 0.25) is 0 Å². The van der Waals surface area contributed by atoms with Crippen LogP contribution in [0.3, 0.4) is 0 Å². The van der Waals surface area contributed by atoms with Crippen molar-refractivity contribution in [3.8, 4) is 27.6 Å². The topological polar surface area (TPSA) is 78.6 Å². The lowest BCUT2D eigenvalue weighted by atomic mass is 10.1. The van der Waals surface area contributed by atoms with Crippen LogP contribution in [0.1, 0.15) is 15.9 Å². The fourth-order valence-electron chi connectivity index (χ4n) is 3.49. The molecule has 7 heteroatoms. The van der Waals surface area contributed by atoms with Crippen molar-refractivity contribution in [2.45, 2.75) is 6.61 Å². The van der Waals surface area contributed by atoms with Gasteiger partial charge in [-0.15, -0.1) is 11.3 Å². The molecule has 0 spiro atoms. The van der Waals surface area contributed by atoms with Gasteiger partial charge in [-0.05, 0) is 35.9 Å². The van der Waals surface area contributed by atoms with Gasteiger partial charge in [0.15, 0.2) is 0 Å². The zero-order valence-electron chi connectivity index (χ0n) is 18.2. The molecule has 0 aliphatic heterocycles. The smallest absolute Gasteiger partial charge is 0.346 e. The lowest BCUT2D eigenvalue weighted by Gasteiger charge is -2.08. The van der Waals surface area contributed by atoms with Crippen molar-refractivity contribution in [3.63, 3.8) is 0 Å². The molecule has 5 rings (SSSR count). The van der Waals surface area contributed by atoms with Crippen molar-refractivity contribution in [2.24, 2.45) is 0 Å². The van der Waals surface area contributed by atoms with E-state index in [2.05, 4.69) is 4.98 Å². The summed E-state index contributed by atoms with van der Waals surface area (Å²) in [5.41, 5.74) is 3.61. The van der Waals surface area contributed by atoms with Crippen molar-refractivity contribution < 1.29 is 18.7 Å². The van der Waals surface area contributed by atoms with Crippen molar-refractivity contribution in [1.29, 1.82) is 0 Å². The summed E-state index contributed by atoms with van der Waals surface area (Å²) < 4.78 is 16.1. The van der Waals surface area contributed by atoms with Crippen LogP contribution in [0.25, 0.3) is 32.8 Å². The highest BCUT2D eigenvalue weighted by Crippen LogP contribution is 2.29. The molecule has 168 valence electrons. The zero-order valence-corrected chi connectivity index (χ0v) is 19.0. The van der Waals surface area contributed by atoms with Crippen molar-refractivity contribution in [3.05, 3.63) is 106 Å². The van der Waals surface area contributed by atoms with E-state index in [0.717, 1.165) is 22.2 Å². The van der Waals surface area contributed by atoms with Crippen LogP contribution in [0.15, 0.2) is 93.5 Å². The predicted molar refractivity (Wildman–Crippen MR) is 131 cm³/mol. The first-order chi connectivity index (χ1) is 16.6. The molecule has 34 heavy (non-hydrogen) atoms. The number of rotatable bonds is 6. The van der Waals surface area contributed by atoms with E-state index < -0.39 is 5.63 Å². The number of hydrogen-bond donors (Lipinski definition) is 0. The molecule has 0 aliphatic rings. The number of carbonyl (C=O) groups excluding carboxylic acids is 1. The molecule has 0 bridgehead atoms. The van der Waals surface area contributed by atoms with Gasteiger partial charge in [0, 0.05) is 22.4 Å². The molecule has 5 aromatic rings. The van der Waals surface area contributed by atoms with E-state index in [9.17, 15) is 9.59 Å². The Bertz CT molecular complexity index is 1520. The number of aromatic nitrogens is 1. The van der Waals surface area contributed by atoms with E-state index in [4.69, 9.17) is 13.9 Å². The largest absolute Gasteiger partial charge is 0.489 e. The second kappa shape index (κ2) is 9.33. The van der Waals surface area contributed by atoms with Gasteiger partial charge in [-0.25, -0.2) is 14.6 Å². The summed E-state index contributed by atoms with van der Waals surface area (Å²) >= 11 is 1.41. The minimum Gasteiger partial charge on any atom is -0.489 e. The van der Waals surface area contributed by atoms with Crippen molar-refractivity contribution in [1.82, 2.24) is 4.98 Å². The molecular weight excluding hydrogens is 450 g/mol. The summed E-state index contributed by atoms with van der Waals surface area (Å²) in [7, 11) is 1.35. The van der Waals surface area contributed by atoms with E-state index in [1.165, 1.54) is 18.4 Å². The SMILES string of the molecule is COC(=O)c1ccc(COc2ccc3cc(-c4nc(-c5ccccc5)cs4)c(=O)oc3c2)cc1. The van der Waals surface area contributed by atoms with Gasteiger partial charge in [0.1, 0.15) is 22.9 Å². The quantitative estimate of drug-likeness (QED) is 0.226. The first-order valence-electron chi connectivity index (χ1n) is 10.5. The van der Waals surface area contributed by atoms with E-state index in [1.807, 2.05) is 47.8 Å². The number of hydrogen-bond acceptors (Lipinski definition) is 7. The Morgan fingerprint density at radius 3 is 2.56 bits per heavy atom. The molecule has 2 heterocycles. The van der Waals surface area contributed by atoms with Crippen LogP contribution in [-0.4, -0.2) is 18.1 Å².